The first-order valence-corrected chi connectivity index (χ1v) is 6.39. The molecule has 100 valence electrons. The number of nitrogens with one attached hydrogen (secondary N) is 1. The number of anilines is 2. The molecule has 0 saturated carbocycles. The Morgan fingerprint density at radius 2 is 1.95 bits per heavy atom. The van der Waals surface area contributed by atoms with Crippen molar-refractivity contribution in [1.29, 1.82) is 0 Å². The SMILES string of the molecule is Nc1ccccc1CNc1nccc2ccc(O)cc12. The van der Waals surface area contributed by atoms with Gasteiger partial charge in [-0.05, 0) is 35.2 Å². The second-order valence-corrected chi connectivity index (χ2v) is 4.62. The number of benzene rings is 2. The van der Waals surface area contributed by atoms with E-state index >= 15 is 0 Å². The molecular formula is C16H15N3O. The van der Waals surface area contributed by atoms with Crippen LogP contribution in [0.4, 0.5) is 11.5 Å². The number of nitrogens with two attached hydrogens (primary N) is 1. The molecule has 4 heteroatoms. The first-order chi connectivity index (χ1) is 9.74. The van der Waals surface area contributed by atoms with Crippen LogP contribution in [0.15, 0.2) is 54.7 Å². The van der Waals surface area contributed by atoms with E-state index in [0.717, 1.165) is 27.8 Å². The van der Waals surface area contributed by atoms with E-state index in [2.05, 4.69) is 10.3 Å². The van der Waals surface area contributed by atoms with Crippen molar-refractivity contribution in [2.45, 2.75) is 6.54 Å². The number of fused-ring (bicyclic) bond motifs is 1. The first-order valence-electron chi connectivity index (χ1n) is 6.39. The van der Waals surface area contributed by atoms with Gasteiger partial charge in [-0.3, -0.25) is 0 Å². The number of nitrogen functional groups attached to an aromatic ring is 1. The summed E-state index contributed by atoms with van der Waals surface area (Å²) in [7, 11) is 0. The summed E-state index contributed by atoms with van der Waals surface area (Å²) < 4.78 is 0. The number of rotatable bonds is 3. The highest BCUT2D eigenvalue weighted by Crippen LogP contribution is 2.25. The van der Waals surface area contributed by atoms with Crippen molar-refractivity contribution in [2.24, 2.45) is 0 Å². The van der Waals surface area contributed by atoms with Crippen LogP contribution in [0.5, 0.6) is 5.75 Å². The zero-order valence-corrected chi connectivity index (χ0v) is 10.9. The molecule has 2 aromatic carbocycles. The molecule has 0 amide bonds. The Hall–Kier alpha value is -2.75. The molecule has 3 aromatic rings. The van der Waals surface area contributed by atoms with Crippen LogP contribution in [0.1, 0.15) is 5.56 Å². The predicted octanol–water partition coefficient (Wildman–Crippen LogP) is 3.13. The minimum atomic E-state index is 0.229. The minimum absolute atomic E-state index is 0.229. The Bertz CT molecular complexity index is 756. The van der Waals surface area contributed by atoms with E-state index < -0.39 is 0 Å². The molecule has 4 N–H and O–H groups in total. The van der Waals surface area contributed by atoms with E-state index in [1.54, 1.807) is 18.3 Å². The second-order valence-electron chi connectivity index (χ2n) is 4.62. The summed E-state index contributed by atoms with van der Waals surface area (Å²) >= 11 is 0. The Labute approximate surface area is 116 Å². The van der Waals surface area contributed by atoms with Crippen LogP contribution in [0.2, 0.25) is 0 Å². The molecular weight excluding hydrogens is 250 g/mol. The van der Waals surface area contributed by atoms with Crippen LogP contribution in [0.3, 0.4) is 0 Å². The number of aromatic hydroxyl groups is 1. The molecule has 0 bridgehead atoms. The minimum Gasteiger partial charge on any atom is -0.508 e. The van der Waals surface area contributed by atoms with Gasteiger partial charge in [-0.1, -0.05) is 24.3 Å². The standard InChI is InChI=1S/C16H15N3O/c17-15-4-2-1-3-12(15)10-19-16-14-9-13(20)6-5-11(14)7-8-18-16/h1-9,20H,10,17H2,(H,18,19). The fourth-order valence-electron chi connectivity index (χ4n) is 2.17. The van der Waals surface area contributed by atoms with Crippen LogP contribution < -0.4 is 11.1 Å². The molecule has 0 fully saturated rings. The van der Waals surface area contributed by atoms with Crippen LogP contribution >= 0.6 is 0 Å². The maximum atomic E-state index is 9.61. The van der Waals surface area contributed by atoms with Gasteiger partial charge in [0.15, 0.2) is 0 Å². The molecule has 20 heavy (non-hydrogen) atoms. The van der Waals surface area contributed by atoms with Crippen molar-refractivity contribution in [2.75, 3.05) is 11.1 Å². The van der Waals surface area contributed by atoms with Crippen molar-refractivity contribution in [3.63, 3.8) is 0 Å². The van der Waals surface area contributed by atoms with E-state index in [1.165, 1.54) is 0 Å². The maximum Gasteiger partial charge on any atom is 0.134 e. The lowest BCUT2D eigenvalue weighted by Gasteiger charge is -2.10. The molecule has 0 aliphatic carbocycles. The second kappa shape index (κ2) is 5.09. The lowest BCUT2D eigenvalue weighted by molar-refractivity contribution is 0.476. The third-order valence-electron chi connectivity index (χ3n) is 3.25. The quantitative estimate of drug-likeness (QED) is 0.636. The highest BCUT2D eigenvalue weighted by Gasteiger charge is 2.04. The highest BCUT2D eigenvalue weighted by molar-refractivity contribution is 5.92. The Kier molecular flexibility index (Phi) is 3.13. The molecule has 1 aromatic heterocycles. The number of nitrogens with zero attached hydrogens (tertiary/aromatic N) is 1. The topological polar surface area (TPSA) is 71.2 Å². The summed E-state index contributed by atoms with van der Waals surface area (Å²) in [4.78, 5) is 4.33. The molecule has 1 heterocycles. The Morgan fingerprint density at radius 1 is 1.10 bits per heavy atom. The van der Waals surface area contributed by atoms with Gasteiger partial charge in [0.2, 0.25) is 0 Å². The molecule has 0 aliphatic rings. The van der Waals surface area contributed by atoms with Gasteiger partial charge in [-0.25, -0.2) is 4.98 Å². The molecule has 3 rings (SSSR count). The third-order valence-corrected chi connectivity index (χ3v) is 3.25. The zero-order chi connectivity index (χ0) is 13.9. The summed E-state index contributed by atoms with van der Waals surface area (Å²) in [6.07, 6.45) is 1.75. The van der Waals surface area contributed by atoms with Crippen molar-refractivity contribution >= 4 is 22.3 Å². The van der Waals surface area contributed by atoms with Gasteiger partial charge in [0.05, 0.1) is 0 Å². The number of phenols is 1. The van der Waals surface area contributed by atoms with Crippen LogP contribution in [-0.2, 0) is 6.54 Å². The predicted molar refractivity (Wildman–Crippen MR) is 81.6 cm³/mol. The fraction of sp³-hybridized carbons (Fsp3) is 0.0625. The summed E-state index contributed by atoms with van der Waals surface area (Å²) in [6.45, 7) is 0.592. The molecule has 0 atom stereocenters. The monoisotopic (exact) mass is 265 g/mol. The molecule has 0 aliphatic heterocycles. The van der Waals surface area contributed by atoms with Gasteiger partial charge in [0.25, 0.3) is 0 Å². The van der Waals surface area contributed by atoms with Gasteiger partial charge in [-0.2, -0.15) is 0 Å². The molecule has 0 spiro atoms. The third kappa shape index (κ3) is 2.36. The molecule has 0 unspecified atom stereocenters. The Morgan fingerprint density at radius 3 is 2.80 bits per heavy atom. The smallest absolute Gasteiger partial charge is 0.134 e. The first kappa shape index (κ1) is 12.3. The average molecular weight is 265 g/mol. The van der Waals surface area contributed by atoms with E-state index in [9.17, 15) is 5.11 Å². The lowest BCUT2D eigenvalue weighted by atomic mass is 10.1. The van der Waals surface area contributed by atoms with Crippen LogP contribution in [0, 0.1) is 0 Å². The van der Waals surface area contributed by atoms with Crippen molar-refractivity contribution in [3.05, 3.63) is 60.3 Å². The molecule has 0 saturated heterocycles. The van der Waals surface area contributed by atoms with Gasteiger partial charge < -0.3 is 16.2 Å². The zero-order valence-electron chi connectivity index (χ0n) is 10.9. The summed E-state index contributed by atoms with van der Waals surface area (Å²) in [6, 6.07) is 14.9. The van der Waals surface area contributed by atoms with Gasteiger partial charge in [-0.15, -0.1) is 0 Å². The number of hydrogen-bond acceptors (Lipinski definition) is 4. The summed E-state index contributed by atoms with van der Waals surface area (Å²) in [5.74, 6) is 0.967. The van der Waals surface area contributed by atoms with E-state index in [1.807, 2.05) is 36.4 Å². The molecule has 4 nitrogen and oxygen atoms in total. The van der Waals surface area contributed by atoms with Gasteiger partial charge in [0.1, 0.15) is 11.6 Å². The maximum absolute atomic E-state index is 9.61. The average Bonchev–Trinajstić information content (AvgIpc) is 2.46. The normalized spacial score (nSPS) is 10.6. The van der Waals surface area contributed by atoms with Crippen LogP contribution in [0.25, 0.3) is 10.8 Å². The summed E-state index contributed by atoms with van der Waals surface area (Å²) in [5, 5.41) is 14.8. The van der Waals surface area contributed by atoms with Gasteiger partial charge >= 0.3 is 0 Å². The summed E-state index contributed by atoms with van der Waals surface area (Å²) in [5.41, 5.74) is 7.69. The van der Waals surface area contributed by atoms with E-state index in [4.69, 9.17) is 5.73 Å². The van der Waals surface area contributed by atoms with Gasteiger partial charge in [0, 0.05) is 23.8 Å². The Balaban J connectivity index is 1.91. The largest absolute Gasteiger partial charge is 0.508 e. The van der Waals surface area contributed by atoms with Crippen molar-refractivity contribution in [3.8, 4) is 5.75 Å². The van der Waals surface area contributed by atoms with Crippen LogP contribution in [-0.4, -0.2) is 10.1 Å². The van der Waals surface area contributed by atoms with Crippen molar-refractivity contribution in [1.82, 2.24) is 4.98 Å². The molecule has 0 radical (unpaired) electrons. The van der Waals surface area contributed by atoms with E-state index in [-0.39, 0.29) is 5.75 Å². The fourth-order valence-corrected chi connectivity index (χ4v) is 2.17. The van der Waals surface area contributed by atoms with Crippen molar-refractivity contribution < 1.29 is 5.11 Å². The number of hydrogen-bond donors (Lipinski definition) is 3. The lowest BCUT2D eigenvalue weighted by Crippen LogP contribution is -2.04. The number of phenolic OH excluding ortho intramolecular Hbond substituents is 1. The van der Waals surface area contributed by atoms with E-state index in [0.29, 0.717) is 6.54 Å². The number of pyridine rings is 1. The number of aromatic nitrogens is 1. The number of para-hydroxylation sites is 1. The highest BCUT2D eigenvalue weighted by atomic mass is 16.3.